The molecule has 1 aliphatic heterocycles. The van der Waals surface area contributed by atoms with Gasteiger partial charge in [-0.1, -0.05) is 18.2 Å². The number of ether oxygens (including phenoxy) is 3. The van der Waals surface area contributed by atoms with Crippen LogP contribution < -0.4 is 14.8 Å². The number of nitrogens with zero attached hydrogens (tertiary/aromatic N) is 1. The van der Waals surface area contributed by atoms with Gasteiger partial charge in [0.25, 0.3) is 0 Å². The van der Waals surface area contributed by atoms with Crippen molar-refractivity contribution < 1.29 is 19.0 Å². The number of esters is 1. The van der Waals surface area contributed by atoms with Crippen LogP contribution in [0.3, 0.4) is 0 Å². The largest absolute Gasteiger partial charge is 0.497 e. The fraction of sp³-hybridized carbons (Fsp3) is 0.381. The molecule has 0 radical (unpaired) electrons. The highest BCUT2D eigenvalue weighted by Crippen LogP contribution is 2.28. The minimum absolute atomic E-state index is 0.208. The van der Waals surface area contributed by atoms with Crippen molar-refractivity contribution in [3.63, 3.8) is 0 Å². The number of carbonyl (C=O) groups is 1. The van der Waals surface area contributed by atoms with E-state index in [1.54, 1.807) is 14.2 Å². The Morgan fingerprint density at radius 3 is 2.48 bits per heavy atom. The first-order valence-electron chi connectivity index (χ1n) is 8.98. The summed E-state index contributed by atoms with van der Waals surface area (Å²) in [6.07, 6.45) is 1.03. The number of para-hydroxylation sites is 1. The summed E-state index contributed by atoms with van der Waals surface area (Å²) >= 11 is 0. The predicted octanol–water partition coefficient (Wildman–Crippen LogP) is 2.85. The molecule has 1 N–H and O–H groups in total. The summed E-state index contributed by atoms with van der Waals surface area (Å²) in [6, 6.07) is 12.1. The summed E-state index contributed by atoms with van der Waals surface area (Å²) in [7, 11) is 4.67. The van der Waals surface area contributed by atoms with Crippen molar-refractivity contribution in [2.75, 3.05) is 39.7 Å². The van der Waals surface area contributed by atoms with E-state index in [1.807, 2.05) is 18.2 Å². The van der Waals surface area contributed by atoms with Gasteiger partial charge in [0.1, 0.15) is 11.5 Å². The molecule has 1 aliphatic rings. The Bertz CT molecular complexity index is 785. The van der Waals surface area contributed by atoms with Gasteiger partial charge in [-0.25, -0.2) is 0 Å². The molecule has 0 aliphatic carbocycles. The molecule has 0 saturated heterocycles. The van der Waals surface area contributed by atoms with Crippen molar-refractivity contribution in [2.45, 2.75) is 19.5 Å². The molecule has 2 aromatic rings. The lowest BCUT2D eigenvalue weighted by Gasteiger charge is -2.23. The smallest absolute Gasteiger partial charge is 0.319 e. The van der Waals surface area contributed by atoms with Crippen LogP contribution in [-0.2, 0) is 29.0 Å². The summed E-state index contributed by atoms with van der Waals surface area (Å²) in [5, 5.41) is 3.46. The molecule has 27 heavy (non-hydrogen) atoms. The van der Waals surface area contributed by atoms with E-state index in [0.29, 0.717) is 13.1 Å². The highest BCUT2D eigenvalue weighted by atomic mass is 16.5. The minimum Gasteiger partial charge on any atom is -0.497 e. The highest BCUT2D eigenvalue weighted by Gasteiger charge is 2.18. The molecular weight excluding hydrogens is 344 g/mol. The molecule has 0 spiro atoms. The topological polar surface area (TPSA) is 60.0 Å². The number of benzene rings is 2. The van der Waals surface area contributed by atoms with Gasteiger partial charge < -0.3 is 19.5 Å². The van der Waals surface area contributed by atoms with E-state index in [0.717, 1.165) is 30.0 Å². The van der Waals surface area contributed by atoms with Crippen LogP contribution >= 0.6 is 0 Å². The molecule has 144 valence electrons. The zero-order chi connectivity index (χ0) is 19.2. The lowest BCUT2D eigenvalue weighted by Crippen LogP contribution is -2.30. The van der Waals surface area contributed by atoms with E-state index in [4.69, 9.17) is 14.2 Å². The molecule has 2 aromatic carbocycles. The van der Waals surface area contributed by atoms with Crippen molar-refractivity contribution in [3.8, 4) is 11.5 Å². The van der Waals surface area contributed by atoms with E-state index in [9.17, 15) is 4.79 Å². The van der Waals surface area contributed by atoms with Gasteiger partial charge in [-0.2, -0.15) is 0 Å². The Morgan fingerprint density at radius 2 is 1.81 bits per heavy atom. The number of hydrogen-bond donors (Lipinski definition) is 1. The third-order valence-electron chi connectivity index (χ3n) is 4.72. The van der Waals surface area contributed by atoms with E-state index in [2.05, 4.69) is 28.4 Å². The lowest BCUT2D eigenvalue weighted by atomic mass is 10.1. The molecule has 0 amide bonds. The molecular formula is C21H26N2O4. The summed E-state index contributed by atoms with van der Waals surface area (Å²) in [4.78, 5) is 14.0. The minimum atomic E-state index is -0.259. The molecule has 3 rings (SSSR count). The van der Waals surface area contributed by atoms with Crippen molar-refractivity contribution in [1.82, 2.24) is 4.90 Å². The average Bonchev–Trinajstić information content (AvgIpc) is 3.17. The van der Waals surface area contributed by atoms with Gasteiger partial charge in [0.05, 0.1) is 27.9 Å². The second kappa shape index (κ2) is 8.77. The van der Waals surface area contributed by atoms with Gasteiger partial charge in [-0.15, -0.1) is 0 Å². The van der Waals surface area contributed by atoms with Crippen LogP contribution in [-0.4, -0.2) is 45.3 Å². The first-order chi connectivity index (χ1) is 13.1. The zero-order valence-electron chi connectivity index (χ0n) is 16.1. The molecule has 0 saturated carbocycles. The number of nitrogens with one attached hydrogen (secondary N) is 1. The van der Waals surface area contributed by atoms with Gasteiger partial charge >= 0.3 is 5.97 Å². The van der Waals surface area contributed by atoms with Gasteiger partial charge in [0.2, 0.25) is 0 Å². The fourth-order valence-electron chi connectivity index (χ4n) is 3.41. The second-order valence-corrected chi connectivity index (χ2v) is 6.57. The molecule has 1 heterocycles. The van der Waals surface area contributed by atoms with Crippen molar-refractivity contribution in [1.29, 1.82) is 0 Å². The molecule has 0 fully saturated rings. The molecule has 6 heteroatoms. The number of methoxy groups -OCH3 is 3. The van der Waals surface area contributed by atoms with Crippen LogP contribution in [0.15, 0.2) is 36.4 Å². The fourth-order valence-corrected chi connectivity index (χ4v) is 3.41. The summed E-state index contributed by atoms with van der Waals surface area (Å²) < 4.78 is 15.6. The third-order valence-corrected chi connectivity index (χ3v) is 4.72. The Balaban J connectivity index is 1.84. The van der Waals surface area contributed by atoms with Gasteiger partial charge in [0.15, 0.2) is 0 Å². The molecule has 0 atom stereocenters. The summed E-state index contributed by atoms with van der Waals surface area (Å²) in [5.41, 5.74) is 4.71. The maximum atomic E-state index is 12.0. The Hall–Kier alpha value is -2.73. The number of rotatable bonds is 8. The highest BCUT2D eigenvalue weighted by molar-refractivity contribution is 5.71. The van der Waals surface area contributed by atoms with Crippen molar-refractivity contribution in [3.05, 3.63) is 53.1 Å². The van der Waals surface area contributed by atoms with Crippen molar-refractivity contribution >= 4 is 11.7 Å². The molecule has 0 bridgehead atoms. The summed E-state index contributed by atoms with van der Waals surface area (Å²) in [6.45, 7) is 2.38. The molecule has 0 unspecified atom stereocenters. The van der Waals surface area contributed by atoms with Crippen LogP contribution in [0.2, 0.25) is 0 Å². The van der Waals surface area contributed by atoms with E-state index >= 15 is 0 Å². The Morgan fingerprint density at radius 1 is 1.07 bits per heavy atom. The standard InChI is InChI=1S/C21H26N2O4/c1-25-18-9-15(10-19(11-18)26-2)12-23(14-20(24)27-3)13-17-6-4-5-16-7-8-22-21(16)17/h4-6,9-11,22H,7-8,12-14H2,1-3H3. The SMILES string of the molecule is COC(=O)CN(Cc1cc(OC)cc(OC)c1)Cc1cccc2c1NCC2. The number of anilines is 1. The van der Waals surface area contributed by atoms with Gasteiger partial charge in [-0.3, -0.25) is 9.69 Å². The zero-order valence-corrected chi connectivity index (χ0v) is 16.1. The first-order valence-corrected chi connectivity index (χ1v) is 8.98. The maximum absolute atomic E-state index is 12.0. The van der Waals surface area contributed by atoms with Crippen LogP contribution in [0.1, 0.15) is 16.7 Å². The Kier molecular flexibility index (Phi) is 6.19. The third kappa shape index (κ3) is 4.71. The maximum Gasteiger partial charge on any atom is 0.319 e. The normalized spacial score (nSPS) is 12.4. The number of hydrogen-bond acceptors (Lipinski definition) is 6. The lowest BCUT2D eigenvalue weighted by molar-refractivity contribution is -0.142. The molecule has 6 nitrogen and oxygen atoms in total. The Labute approximate surface area is 160 Å². The van der Waals surface area contributed by atoms with Crippen molar-refractivity contribution in [2.24, 2.45) is 0 Å². The van der Waals surface area contributed by atoms with Crippen LogP contribution in [0.5, 0.6) is 11.5 Å². The monoisotopic (exact) mass is 370 g/mol. The summed E-state index contributed by atoms with van der Waals surface area (Å²) in [5.74, 6) is 1.19. The van der Waals surface area contributed by atoms with Crippen LogP contribution in [0.4, 0.5) is 5.69 Å². The van der Waals surface area contributed by atoms with Crippen LogP contribution in [0, 0.1) is 0 Å². The van der Waals surface area contributed by atoms with E-state index in [1.165, 1.54) is 23.9 Å². The number of fused-ring (bicyclic) bond motifs is 1. The first kappa shape index (κ1) is 19.0. The number of carbonyl (C=O) groups excluding carboxylic acids is 1. The van der Waals surface area contributed by atoms with Crippen LogP contribution in [0.25, 0.3) is 0 Å². The van der Waals surface area contributed by atoms with E-state index < -0.39 is 0 Å². The van der Waals surface area contributed by atoms with E-state index in [-0.39, 0.29) is 12.5 Å². The quantitative estimate of drug-likeness (QED) is 0.721. The average molecular weight is 370 g/mol. The molecule has 0 aromatic heterocycles. The predicted molar refractivity (Wildman–Crippen MR) is 104 cm³/mol. The van der Waals surface area contributed by atoms with Gasteiger partial charge in [-0.05, 0) is 35.2 Å². The van der Waals surface area contributed by atoms with Gasteiger partial charge in [0, 0.05) is 31.4 Å². The second-order valence-electron chi connectivity index (χ2n) is 6.57.